The lowest BCUT2D eigenvalue weighted by molar-refractivity contribution is -0.130. The van der Waals surface area contributed by atoms with E-state index in [0.29, 0.717) is 12.8 Å². The zero-order valence-electron chi connectivity index (χ0n) is 15.4. The molecule has 142 valence electrons. The molecule has 0 amide bonds. The van der Waals surface area contributed by atoms with Crippen LogP contribution in [-0.2, 0) is 9.59 Å². The number of rotatable bonds is 16. The first-order valence-corrected chi connectivity index (χ1v) is 9.38. The number of unbranched alkanes of at least 4 members (excludes halogenated alkanes) is 8. The number of Topliss-reactive ketones (excluding diaryl/α,β-unsaturated/α-hetero) is 2. The van der Waals surface area contributed by atoms with Crippen LogP contribution >= 0.6 is 0 Å². The van der Waals surface area contributed by atoms with Crippen LogP contribution in [0.1, 0.15) is 84.5 Å². The molecule has 0 saturated heterocycles. The van der Waals surface area contributed by atoms with Gasteiger partial charge in [0.25, 0.3) is 0 Å². The fourth-order valence-corrected chi connectivity index (χ4v) is 2.95. The Hall–Kier alpha value is -0.780. The highest BCUT2D eigenvalue weighted by molar-refractivity contribution is 6.00. The normalized spacial score (nSPS) is 13.9. The number of aliphatic hydroxyl groups excluding tert-OH is 3. The van der Waals surface area contributed by atoms with Gasteiger partial charge >= 0.3 is 0 Å². The maximum absolute atomic E-state index is 11.3. The van der Waals surface area contributed by atoms with Crippen molar-refractivity contribution >= 4 is 11.6 Å². The number of hydrogen-bond donors (Lipinski definition) is 3. The van der Waals surface area contributed by atoms with Crippen molar-refractivity contribution in [2.45, 2.75) is 96.7 Å². The predicted octanol–water partition coefficient (Wildman–Crippen LogP) is 2.79. The lowest BCUT2D eigenvalue weighted by Crippen LogP contribution is -2.28. The number of aliphatic hydroxyl groups is 3. The molecule has 0 fully saturated rings. The van der Waals surface area contributed by atoms with Crippen LogP contribution in [0.25, 0.3) is 0 Å². The van der Waals surface area contributed by atoms with Crippen LogP contribution in [0.4, 0.5) is 0 Å². The second-order valence-corrected chi connectivity index (χ2v) is 6.85. The fraction of sp³-hybridized carbons (Fsp3) is 0.895. The van der Waals surface area contributed by atoms with Crippen molar-refractivity contribution in [2.75, 3.05) is 6.61 Å². The summed E-state index contributed by atoms with van der Waals surface area (Å²) in [5.41, 5.74) is 0. The van der Waals surface area contributed by atoms with Gasteiger partial charge in [-0.25, -0.2) is 0 Å². The van der Waals surface area contributed by atoms with Crippen molar-refractivity contribution in [1.29, 1.82) is 0 Å². The van der Waals surface area contributed by atoms with Crippen LogP contribution in [-0.4, -0.2) is 45.7 Å². The van der Waals surface area contributed by atoms with Crippen LogP contribution in [0.15, 0.2) is 0 Å². The van der Waals surface area contributed by atoms with Crippen LogP contribution < -0.4 is 0 Å². The Morgan fingerprint density at radius 1 is 0.667 bits per heavy atom. The minimum atomic E-state index is -1.02. The SMILES string of the molecule is CC(=O)C(CCCCCCCCCCCC(O)C(O)CO)C(C)=O. The average Bonchev–Trinajstić information content (AvgIpc) is 2.53. The molecule has 0 bridgehead atoms. The average molecular weight is 344 g/mol. The standard InChI is InChI=1S/C19H36O5/c1-15(21)17(16(2)22)12-10-8-6-4-3-5-7-9-11-13-18(23)19(24)14-20/h17-20,23-24H,3-14H2,1-2H3. The molecule has 5 nitrogen and oxygen atoms in total. The molecule has 5 heteroatoms. The molecule has 0 heterocycles. The molecule has 0 spiro atoms. The van der Waals surface area contributed by atoms with Crippen molar-refractivity contribution in [3.8, 4) is 0 Å². The van der Waals surface area contributed by atoms with Gasteiger partial charge in [-0.2, -0.15) is 0 Å². The third-order valence-corrected chi connectivity index (χ3v) is 4.61. The van der Waals surface area contributed by atoms with Gasteiger partial charge in [-0.1, -0.05) is 57.8 Å². The molecule has 0 aromatic rings. The maximum Gasteiger partial charge on any atom is 0.140 e. The number of carbonyl (C=O) groups is 2. The zero-order chi connectivity index (χ0) is 18.4. The topological polar surface area (TPSA) is 94.8 Å². The van der Waals surface area contributed by atoms with Crippen LogP contribution in [0, 0.1) is 5.92 Å². The first-order chi connectivity index (χ1) is 11.4. The Bertz CT molecular complexity index is 329. The molecule has 3 N–H and O–H groups in total. The van der Waals surface area contributed by atoms with E-state index in [2.05, 4.69) is 0 Å². The van der Waals surface area contributed by atoms with Gasteiger partial charge in [-0.15, -0.1) is 0 Å². The Morgan fingerprint density at radius 3 is 1.42 bits per heavy atom. The highest BCUT2D eigenvalue weighted by Crippen LogP contribution is 2.15. The van der Waals surface area contributed by atoms with Gasteiger partial charge in [-0.05, 0) is 26.7 Å². The Balaban J connectivity index is 3.40. The first kappa shape index (κ1) is 23.2. The van der Waals surface area contributed by atoms with Crippen molar-refractivity contribution in [2.24, 2.45) is 5.92 Å². The molecule has 24 heavy (non-hydrogen) atoms. The molecular formula is C19H36O5. The summed E-state index contributed by atoms with van der Waals surface area (Å²) in [5.74, 6) is -0.428. The van der Waals surface area contributed by atoms with Gasteiger partial charge < -0.3 is 15.3 Å². The monoisotopic (exact) mass is 344 g/mol. The Kier molecular flexibility index (Phi) is 14.1. The van der Waals surface area contributed by atoms with E-state index in [4.69, 9.17) is 5.11 Å². The summed E-state index contributed by atoms with van der Waals surface area (Å²) in [6.45, 7) is 2.60. The van der Waals surface area contributed by atoms with Gasteiger partial charge in [0.15, 0.2) is 0 Å². The molecule has 2 atom stereocenters. The molecule has 0 rings (SSSR count). The van der Waals surface area contributed by atoms with E-state index in [-0.39, 0.29) is 18.2 Å². The summed E-state index contributed by atoms with van der Waals surface area (Å²) in [6.07, 6.45) is 9.11. The van der Waals surface area contributed by atoms with Crippen LogP contribution in [0.5, 0.6) is 0 Å². The summed E-state index contributed by atoms with van der Waals surface area (Å²) in [5, 5.41) is 27.4. The molecule has 0 aromatic heterocycles. The number of ketones is 2. The number of hydrogen-bond acceptors (Lipinski definition) is 5. The summed E-state index contributed by atoms with van der Waals surface area (Å²) >= 11 is 0. The molecule has 0 aliphatic carbocycles. The van der Waals surface area contributed by atoms with E-state index in [1.165, 1.54) is 33.1 Å². The maximum atomic E-state index is 11.3. The van der Waals surface area contributed by atoms with Crippen LogP contribution in [0.2, 0.25) is 0 Å². The smallest absolute Gasteiger partial charge is 0.140 e. The van der Waals surface area contributed by atoms with Crippen molar-refractivity contribution in [3.63, 3.8) is 0 Å². The lowest BCUT2D eigenvalue weighted by atomic mass is 9.93. The lowest BCUT2D eigenvalue weighted by Gasteiger charge is -2.14. The summed E-state index contributed by atoms with van der Waals surface area (Å²) in [7, 11) is 0. The molecule has 0 aromatic carbocycles. The summed E-state index contributed by atoms with van der Waals surface area (Å²) in [4.78, 5) is 22.6. The fourth-order valence-electron chi connectivity index (χ4n) is 2.95. The van der Waals surface area contributed by atoms with Crippen molar-refractivity contribution < 1.29 is 24.9 Å². The van der Waals surface area contributed by atoms with E-state index >= 15 is 0 Å². The third kappa shape index (κ3) is 11.7. The molecular weight excluding hydrogens is 308 g/mol. The largest absolute Gasteiger partial charge is 0.394 e. The summed E-state index contributed by atoms with van der Waals surface area (Å²) < 4.78 is 0. The molecule has 0 radical (unpaired) electrons. The molecule has 0 aliphatic rings. The highest BCUT2D eigenvalue weighted by Gasteiger charge is 2.18. The van der Waals surface area contributed by atoms with Crippen molar-refractivity contribution in [3.05, 3.63) is 0 Å². The molecule has 0 saturated carbocycles. The second-order valence-electron chi connectivity index (χ2n) is 6.85. The third-order valence-electron chi connectivity index (χ3n) is 4.61. The minimum Gasteiger partial charge on any atom is -0.394 e. The van der Waals surface area contributed by atoms with Gasteiger partial charge in [-0.3, -0.25) is 9.59 Å². The van der Waals surface area contributed by atoms with Gasteiger partial charge in [0.05, 0.1) is 18.6 Å². The quantitative estimate of drug-likeness (QED) is 0.296. The van der Waals surface area contributed by atoms with Crippen LogP contribution in [0.3, 0.4) is 0 Å². The molecule has 2 unspecified atom stereocenters. The highest BCUT2D eigenvalue weighted by atomic mass is 16.4. The van der Waals surface area contributed by atoms with E-state index < -0.39 is 18.1 Å². The first-order valence-electron chi connectivity index (χ1n) is 9.38. The van der Waals surface area contributed by atoms with E-state index in [9.17, 15) is 19.8 Å². The van der Waals surface area contributed by atoms with Gasteiger partial charge in [0.1, 0.15) is 17.7 Å². The predicted molar refractivity (Wildman–Crippen MR) is 94.7 cm³/mol. The second kappa shape index (κ2) is 14.6. The summed E-state index contributed by atoms with van der Waals surface area (Å²) in [6, 6.07) is 0. The molecule has 0 aliphatic heterocycles. The van der Waals surface area contributed by atoms with E-state index in [1.54, 1.807) is 0 Å². The van der Waals surface area contributed by atoms with Crippen molar-refractivity contribution in [1.82, 2.24) is 0 Å². The minimum absolute atomic E-state index is 0.0147. The van der Waals surface area contributed by atoms with E-state index in [0.717, 1.165) is 38.5 Å². The zero-order valence-corrected chi connectivity index (χ0v) is 15.4. The Labute approximate surface area is 146 Å². The van der Waals surface area contributed by atoms with Gasteiger partial charge in [0, 0.05) is 0 Å². The van der Waals surface area contributed by atoms with Gasteiger partial charge in [0.2, 0.25) is 0 Å². The van der Waals surface area contributed by atoms with E-state index in [1.807, 2.05) is 0 Å². The Morgan fingerprint density at radius 2 is 1.04 bits per heavy atom. The number of carbonyl (C=O) groups excluding carboxylic acids is 2.